The van der Waals surface area contributed by atoms with E-state index in [0.29, 0.717) is 17.3 Å². The third kappa shape index (κ3) is 2.29. The summed E-state index contributed by atoms with van der Waals surface area (Å²) in [5.74, 6) is -0.0970. The van der Waals surface area contributed by atoms with Crippen LogP contribution in [0.1, 0.15) is 41.9 Å². The van der Waals surface area contributed by atoms with Gasteiger partial charge in [-0.1, -0.05) is 6.07 Å². The van der Waals surface area contributed by atoms with Crippen LogP contribution in [-0.2, 0) is 0 Å². The molecular formula is C18H14N4O. The number of hydrogen-bond donors (Lipinski definition) is 0. The van der Waals surface area contributed by atoms with Gasteiger partial charge in [0.1, 0.15) is 5.69 Å². The number of carbonyl (C=O) groups excluding carboxylic acids is 1. The summed E-state index contributed by atoms with van der Waals surface area (Å²) in [6.07, 6.45) is 3.95. The van der Waals surface area contributed by atoms with E-state index in [-0.39, 0.29) is 5.78 Å². The largest absolute Gasteiger partial charge is 0.337 e. The van der Waals surface area contributed by atoms with Gasteiger partial charge in [0.05, 0.1) is 29.0 Å². The molecule has 0 saturated heterocycles. The van der Waals surface area contributed by atoms with Gasteiger partial charge in [-0.25, -0.2) is 0 Å². The van der Waals surface area contributed by atoms with E-state index in [9.17, 15) is 4.79 Å². The van der Waals surface area contributed by atoms with Crippen molar-refractivity contribution in [3.63, 3.8) is 0 Å². The highest BCUT2D eigenvalue weighted by molar-refractivity contribution is 5.94. The van der Waals surface area contributed by atoms with Gasteiger partial charge >= 0.3 is 0 Å². The van der Waals surface area contributed by atoms with Crippen molar-refractivity contribution in [3.8, 4) is 17.3 Å². The molecule has 0 unspecified atom stereocenters. The first-order valence-electron chi connectivity index (χ1n) is 7.56. The van der Waals surface area contributed by atoms with E-state index in [0.717, 1.165) is 35.0 Å². The van der Waals surface area contributed by atoms with Gasteiger partial charge in [0.2, 0.25) is 0 Å². The summed E-state index contributed by atoms with van der Waals surface area (Å²) in [4.78, 5) is 11.6. The highest BCUT2D eigenvalue weighted by atomic mass is 16.1. The summed E-state index contributed by atoms with van der Waals surface area (Å²) in [6, 6.07) is 12.3. The van der Waals surface area contributed by atoms with Gasteiger partial charge in [-0.15, -0.1) is 5.10 Å². The molecule has 0 bridgehead atoms. The van der Waals surface area contributed by atoms with Crippen LogP contribution in [0.15, 0.2) is 36.5 Å². The molecule has 0 N–H and O–H groups in total. The predicted octanol–water partition coefficient (Wildman–Crippen LogP) is 3.51. The number of carbonyl (C=O) groups is 1. The second kappa shape index (κ2) is 5.03. The number of Topliss-reactive ketones (excluding diaryl/α,β-unsaturated/α-hetero) is 1. The fourth-order valence-electron chi connectivity index (χ4n) is 2.92. The Labute approximate surface area is 133 Å². The maximum Gasteiger partial charge on any atom is 0.180 e. The number of benzene rings is 1. The van der Waals surface area contributed by atoms with Gasteiger partial charge < -0.3 is 4.57 Å². The number of fused-ring (bicyclic) bond motifs is 1. The molecule has 0 radical (unpaired) electrons. The Morgan fingerprint density at radius 2 is 2.13 bits per heavy atom. The molecular weight excluding hydrogens is 288 g/mol. The van der Waals surface area contributed by atoms with Crippen LogP contribution >= 0.6 is 0 Å². The molecule has 3 aromatic rings. The summed E-state index contributed by atoms with van der Waals surface area (Å²) in [5.41, 5.74) is 3.98. The van der Waals surface area contributed by atoms with Crippen LogP contribution in [0.3, 0.4) is 0 Å². The first-order valence-corrected chi connectivity index (χ1v) is 7.56. The third-order valence-electron chi connectivity index (χ3n) is 4.19. The average molecular weight is 302 g/mol. The van der Waals surface area contributed by atoms with E-state index < -0.39 is 0 Å². The second-order valence-corrected chi connectivity index (χ2v) is 5.90. The zero-order valence-corrected chi connectivity index (χ0v) is 12.7. The molecule has 5 heteroatoms. The quantitative estimate of drug-likeness (QED) is 0.694. The smallest absolute Gasteiger partial charge is 0.180 e. The lowest BCUT2D eigenvalue weighted by molar-refractivity contribution is 0.101. The van der Waals surface area contributed by atoms with Crippen molar-refractivity contribution in [1.29, 1.82) is 5.26 Å². The molecule has 1 saturated carbocycles. The van der Waals surface area contributed by atoms with Gasteiger partial charge in [0.15, 0.2) is 5.78 Å². The van der Waals surface area contributed by atoms with E-state index in [1.165, 1.54) is 6.92 Å². The minimum atomic E-state index is -0.0970. The summed E-state index contributed by atoms with van der Waals surface area (Å²) in [6.45, 7) is 1.49. The predicted molar refractivity (Wildman–Crippen MR) is 86.0 cm³/mol. The lowest BCUT2D eigenvalue weighted by Gasteiger charge is -2.09. The molecule has 0 atom stereocenters. The minimum absolute atomic E-state index is 0.0970. The maximum absolute atomic E-state index is 11.6. The van der Waals surface area contributed by atoms with Crippen LogP contribution in [0.2, 0.25) is 0 Å². The lowest BCUT2D eigenvalue weighted by atomic mass is 10.1. The summed E-state index contributed by atoms with van der Waals surface area (Å²) >= 11 is 0. The molecule has 4 rings (SSSR count). The summed E-state index contributed by atoms with van der Waals surface area (Å²) in [5, 5.41) is 18.1. The highest BCUT2D eigenvalue weighted by Gasteiger charge is 2.28. The first-order chi connectivity index (χ1) is 11.2. The SMILES string of the molecule is CC(=O)c1cc(-c2cc3ccc(C#N)cc3n2C2CC2)cnn1. The lowest BCUT2D eigenvalue weighted by Crippen LogP contribution is -2.01. The molecule has 112 valence electrons. The van der Waals surface area contributed by atoms with Crippen molar-refractivity contribution in [3.05, 3.63) is 47.8 Å². The van der Waals surface area contributed by atoms with E-state index >= 15 is 0 Å². The first kappa shape index (κ1) is 13.6. The van der Waals surface area contributed by atoms with Crippen molar-refractivity contribution >= 4 is 16.7 Å². The monoisotopic (exact) mass is 302 g/mol. The maximum atomic E-state index is 11.6. The van der Waals surface area contributed by atoms with Crippen molar-refractivity contribution in [1.82, 2.24) is 14.8 Å². The zero-order chi connectivity index (χ0) is 16.0. The van der Waals surface area contributed by atoms with Crippen LogP contribution in [0, 0.1) is 11.3 Å². The number of aromatic nitrogens is 3. The molecule has 1 aromatic carbocycles. The Hall–Kier alpha value is -3.00. The van der Waals surface area contributed by atoms with Crippen LogP contribution in [0.4, 0.5) is 0 Å². The minimum Gasteiger partial charge on any atom is -0.337 e. The number of hydrogen-bond acceptors (Lipinski definition) is 4. The Balaban J connectivity index is 1.96. The average Bonchev–Trinajstić information content (AvgIpc) is 3.34. The Kier molecular flexibility index (Phi) is 2.98. The van der Waals surface area contributed by atoms with Gasteiger partial charge in [0.25, 0.3) is 0 Å². The van der Waals surface area contributed by atoms with E-state index in [2.05, 4.69) is 26.9 Å². The van der Waals surface area contributed by atoms with Crippen LogP contribution in [0.5, 0.6) is 0 Å². The molecule has 0 spiro atoms. The van der Waals surface area contributed by atoms with Crippen LogP contribution in [0.25, 0.3) is 22.2 Å². The molecule has 1 aliphatic carbocycles. The van der Waals surface area contributed by atoms with Gasteiger partial charge in [-0.3, -0.25) is 4.79 Å². The normalized spacial score (nSPS) is 13.9. The Morgan fingerprint density at radius 3 is 2.83 bits per heavy atom. The molecule has 0 aliphatic heterocycles. The van der Waals surface area contributed by atoms with Crippen molar-refractivity contribution < 1.29 is 4.79 Å². The Morgan fingerprint density at radius 1 is 1.30 bits per heavy atom. The van der Waals surface area contributed by atoms with E-state index in [1.54, 1.807) is 12.3 Å². The molecule has 23 heavy (non-hydrogen) atoms. The molecule has 1 fully saturated rings. The number of ketones is 1. The third-order valence-corrected chi connectivity index (χ3v) is 4.19. The van der Waals surface area contributed by atoms with Crippen LogP contribution < -0.4 is 0 Å². The van der Waals surface area contributed by atoms with Crippen LogP contribution in [-0.4, -0.2) is 20.5 Å². The molecule has 2 aromatic heterocycles. The number of nitriles is 1. The van der Waals surface area contributed by atoms with Gasteiger partial charge in [-0.2, -0.15) is 10.4 Å². The zero-order valence-electron chi connectivity index (χ0n) is 12.7. The molecule has 1 aliphatic rings. The van der Waals surface area contributed by atoms with Gasteiger partial charge in [0, 0.05) is 23.9 Å². The second-order valence-electron chi connectivity index (χ2n) is 5.90. The number of nitrogens with zero attached hydrogens (tertiary/aromatic N) is 4. The fraction of sp³-hybridized carbons (Fsp3) is 0.222. The van der Waals surface area contributed by atoms with Crippen molar-refractivity contribution in [2.24, 2.45) is 0 Å². The highest BCUT2D eigenvalue weighted by Crippen LogP contribution is 2.42. The van der Waals surface area contributed by atoms with E-state index in [4.69, 9.17) is 5.26 Å². The fourth-order valence-corrected chi connectivity index (χ4v) is 2.92. The summed E-state index contributed by atoms with van der Waals surface area (Å²) < 4.78 is 2.26. The van der Waals surface area contributed by atoms with Crippen molar-refractivity contribution in [2.75, 3.05) is 0 Å². The van der Waals surface area contributed by atoms with Gasteiger partial charge in [-0.05, 0) is 37.1 Å². The Bertz CT molecular complexity index is 976. The number of rotatable bonds is 3. The van der Waals surface area contributed by atoms with E-state index in [1.807, 2.05) is 18.2 Å². The standard InChI is InChI=1S/C18H14N4O/c1-11(23)16-7-14(10-20-21-16)18-8-13-3-2-12(9-19)6-17(13)22(18)15-4-5-15/h2-3,6-8,10,15H,4-5H2,1H3. The molecule has 0 amide bonds. The molecule has 2 heterocycles. The topological polar surface area (TPSA) is 71.6 Å². The summed E-state index contributed by atoms with van der Waals surface area (Å²) in [7, 11) is 0. The molecule has 5 nitrogen and oxygen atoms in total. The van der Waals surface area contributed by atoms with Crippen molar-refractivity contribution in [2.45, 2.75) is 25.8 Å².